The number of ether oxygens (including phenoxy) is 5. The van der Waals surface area contributed by atoms with Gasteiger partial charge in [0, 0.05) is 19.0 Å². The third-order valence-corrected chi connectivity index (χ3v) is 7.88. The Balaban J connectivity index is 1.65. The fraction of sp³-hybridized carbons (Fsp3) is 0.958. The number of hydrogen-bond acceptors (Lipinski definition) is 17. The number of aliphatic hydroxyl groups is 6. The van der Waals surface area contributed by atoms with Gasteiger partial charge in [0.2, 0.25) is 5.91 Å². The zero-order valence-electron chi connectivity index (χ0n) is 23.7. The van der Waals surface area contributed by atoms with Crippen LogP contribution in [0.2, 0.25) is 0 Å². The van der Waals surface area contributed by atoms with Gasteiger partial charge in [-0.25, -0.2) is 0 Å². The molecular formula is C24H48N6O12. The van der Waals surface area contributed by atoms with Crippen LogP contribution in [-0.4, -0.2) is 155 Å². The van der Waals surface area contributed by atoms with Crippen LogP contribution in [0.15, 0.2) is 0 Å². The predicted molar refractivity (Wildman–Crippen MR) is 143 cm³/mol. The molecule has 15 atom stereocenters. The molecule has 3 fully saturated rings. The lowest BCUT2D eigenvalue weighted by Gasteiger charge is -2.51. The maximum Gasteiger partial charge on any atom is 0.221 e. The van der Waals surface area contributed by atoms with Gasteiger partial charge in [-0.15, -0.1) is 0 Å². The zero-order chi connectivity index (χ0) is 31.3. The van der Waals surface area contributed by atoms with Crippen molar-refractivity contribution in [3.05, 3.63) is 0 Å². The van der Waals surface area contributed by atoms with E-state index < -0.39 is 111 Å². The molecule has 16 N–H and O–H groups in total. The third kappa shape index (κ3) is 8.30. The van der Waals surface area contributed by atoms with Crippen molar-refractivity contribution in [3.63, 3.8) is 0 Å². The number of aliphatic hydroxyl groups excluding tert-OH is 5. The van der Waals surface area contributed by atoms with E-state index in [4.69, 9.17) is 46.6 Å². The van der Waals surface area contributed by atoms with Crippen LogP contribution >= 0.6 is 0 Å². The molecule has 0 bridgehead atoms. The first-order valence-electron chi connectivity index (χ1n) is 14.0. The second kappa shape index (κ2) is 15.7. The number of rotatable bonds is 13. The van der Waals surface area contributed by atoms with Crippen LogP contribution in [0.25, 0.3) is 0 Å². The number of carbonyl (C=O) groups excluding carboxylic acids is 1. The Labute approximate surface area is 243 Å². The molecule has 3 aliphatic rings. The monoisotopic (exact) mass is 612 g/mol. The highest BCUT2D eigenvalue weighted by Crippen LogP contribution is 2.34. The summed E-state index contributed by atoms with van der Waals surface area (Å²) in [6.45, 7) is 1.12. The van der Waals surface area contributed by atoms with Crippen molar-refractivity contribution in [2.75, 3.05) is 20.2 Å². The van der Waals surface area contributed by atoms with Crippen molar-refractivity contribution in [3.8, 4) is 0 Å². The van der Waals surface area contributed by atoms with E-state index in [9.17, 15) is 35.4 Å². The quantitative estimate of drug-likeness (QED) is 0.0859. The van der Waals surface area contributed by atoms with Gasteiger partial charge in [0.15, 0.2) is 25.2 Å². The lowest BCUT2D eigenvalue weighted by Crippen LogP contribution is -2.70. The molecule has 0 aromatic rings. The van der Waals surface area contributed by atoms with E-state index in [1.54, 1.807) is 14.0 Å². The summed E-state index contributed by atoms with van der Waals surface area (Å²) in [6, 6.07) is -4.40. The van der Waals surface area contributed by atoms with E-state index in [1.165, 1.54) is 0 Å². The highest BCUT2D eigenvalue weighted by molar-refractivity contribution is 5.76. The second-order valence-electron chi connectivity index (χ2n) is 11.0. The van der Waals surface area contributed by atoms with Gasteiger partial charge in [0.25, 0.3) is 0 Å². The lowest BCUT2D eigenvalue weighted by molar-refractivity contribution is -0.371. The summed E-state index contributed by atoms with van der Waals surface area (Å²) in [6.07, 6.45) is -13.1. The molecule has 1 amide bonds. The Kier molecular flexibility index (Phi) is 13.2. The van der Waals surface area contributed by atoms with E-state index in [0.29, 0.717) is 0 Å². The molecule has 0 saturated carbocycles. The van der Waals surface area contributed by atoms with Gasteiger partial charge in [0.1, 0.15) is 30.5 Å². The van der Waals surface area contributed by atoms with Crippen molar-refractivity contribution in [2.45, 2.75) is 124 Å². The molecule has 12 unspecified atom stereocenters. The molecule has 18 nitrogen and oxygen atoms in total. The molecule has 0 radical (unpaired) electrons. The van der Waals surface area contributed by atoms with E-state index in [1.807, 2.05) is 0 Å². The van der Waals surface area contributed by atoms with E-state index in [2.05, 4.69) is 10.6 Å². The Bertz CT molecular complexity index is 846. The van der Waals surface area contributed by atoms with Crippen LogP contribution in [0, 0.1) is 0 Å². The minimum Gasteiger partial charge on any atom is -0.394 e. The molecule has 18 heteroatoms. The van der Waals surface area contributed by atoms with Gasteiger partial charge in [-0.3, -0.25) is 4.79 Å². The molecule has 0 aromatic heterocycles. The second-order valence-corrected chi connectivity index (χ2v) is 11.0. The summed E-state index contributed by atoms with van der Waals surface area (Å²) in [5, 5.41) is 66.3. The topological polar surface area (TPSA) is 313 Å². The third-order valence-electron chi connectivity index (χ3n) is 7.88. The standard InChI is InChI=1S/C24H48N6O12/c1-8(9(26)5-10(27)21(36)37)38-22-11(28)6-12-20(41-22)18(34)16(29-2)23(39-12)42-24-19(35)17(33)15(13(7-31)40-24)30-14(32)3-4-25/h8-13,15-24,29,31,33-37H,3-7,25-28H2,1-2H3,(H,30,32)/t8-,9?,10?,11-,12-,13?,15?,16?,17?,18?,19?,20?,22?,23?,24?/m0/s1. The summed E-state index contributed by atoms with van der Waals surface area (Å²) >= 11 is 0. The predicted octanol–water partition coefficient (Wildman–Crippen LogP) is -6.85. The fourth-order valence-corrected chi connectivity index (χ4v) is 5.31. The molecule has 3 saturated heterocycles. The van der Waals surface area contributed by atoms with Gasteiger partial charge in [-0.05, 0) is 26.8 Å². The van der Waals surface area contributed by atoms with E-state index in [0.717, 1.165) is 0 Å². The molecular weight excluding hydrogens is 564 g/mol. The maximum atomic E-state index is 12.0. The first-order chi connectivity index (χ1) is 19.8. The summed E-state index contributed by atoms with van der Waals surface area (Å²) in [7, 11) is 1.54. The molecule has 3 rings (SSSR count). The SMILES string of the molecule is CNC1C(OC2OC(CO)C(NC(=O)CCN)C(O)C2O)O[C@H]2C[C@H](N)C(O[C@@H](C)C(N)CC(N)C(O)O)OC2C1O. The average Bonchev–Trinajstić information content (AvgIpc) is 2.93. The van der Waals surface area contributed by atoms with Crippen LogP contribution in [0.1, 0.15) is 26.2 Å². The number of amides is 1. The van der Waals surface area contributed by atoms with Crippen molar-refractivity contribution in [1.29, 1.82) is 0 Å². The minimum atomic E-state index is -1.73. The van der Waals surface area contributed by atoms with Crippen LogP contribution < -0.4 is 33.6 Å². The normalized spacial score (nSPS) is 41.2. The number of likely N-dealkylation sites (N-methyl/N-ethyl adjacent to an activating group) is 1. The highest BCUT2D eigenvalue weighted by Gasteiger charge is 2.53. The summed E-state index contributed by atoms with van der Waals surface area (Å²) in [5.74, 6) is -0.491. The van der Waals surface area contributed by atoms with Crippen LogP contribution in [0.4, 0.5) is 0 Å². The van der Waals surface area contributed by atoms with Crippen molar-refractivity contribution in [1.82, 2.24) is 10.6 Å². The van der Waals surface area contributed by atoms with Crippen molar-refractivity contribution < 1.29 is 59.1 Å². The van der Waals surface area contributed by atoms with Crippen LogP contribution in [-0.2, 0) is 28.5 Å². The zero-order valence-corrected chi connectivity index (χ0v) is 23.7. The van der Waals surface area contributed by atoms with Gasteiger partial charge < -0.3 is 87.9 Å². The molecule has 42 heavy (non-hydrogen) atoms. The highest BCUT2D eigenvalue weighted by atomic mass is 16.8. The lowest BCUT2D eigenvalue weighted by atomic mass is 9.90. The number of nitrogens with two attached hydrogens (primary N) is 4. The van der Waals surface area contributed by atoms with Crippen LogP contribution in [0.3, 0.4) is 0 Å². The van der Waals surface area contributed by atoms with Crippen LogP contribution in [0.5, 0.6) is 0 Å². The van der Waals surface area contributed by atoms with Gasteiger partial charge in [-0.2, -0.15) is 0 Å². The molecule has 3 aliphatic heterocycles. The average molecular weight is 613 g/mol. The molecule has 246 valence electrons. The number of fused-ring (bicyclic) bond motifs is 1. The Morgan fingerprint density at radius 3 is 2.29 bits per heavy atom. The first kappa shape index (κ1) is 35.3. The Morgan fingerprint density at radius 1 is 1.00 bits per heavy atom. The van der Waals surface area contributed by atoms with Gasteiger partial charge in [-0.1, -0.05) is 0 Å². The largest absolute Gasteiger partial charge is 0.394 e. The molecule has 0 aromatic carbocycles. The summed E-state index contributed by atoms with van der Waals surface area (Å²) < 4.78 is 29.5. The molecule has 0 spiro atoms. The van der Waals surface area contributed by atoms with Gasteiger partial charge in [0.05, 0.1) is 43.0 Å². The number of nitrogens with one attached hydrogen (secondary N) is 2. The number of carbonyl (C=O) groups is 1. The Morgan fingerprint density at radius 2 is 1.69 bits per heavy atom. The maximum absolute atomic E-state index is 12.0. The first-order valence-corrected chi connectivity index (χ1v) is 14.0. The minimum absolute atomic E-state index is 0.0264. The number of hydrogen-bond donors (Lipinski definition) is 12. The van der Waals surface area contributed by atoms with Gasteiger partial charge >= 0.3 is 0 Å². The summed E-state index contributed by atoms with van der Waals surface area (Å²) in [4.78, 5) is 12.0. The fourth-order valence-electron chi connectivity index (χ4n) is 5.31. The van der Waals surface area contributed by atoms with Crippen molar-refractivity contribution in [2.24, 2.45) is 22.9 Å². The van der Waals surface area contributed by atoms with E-state index in [-0.39, 0.29) is 25.8 Å². The molecule has 3 heterocycles. The smallest absolute Gasteiger partial charge is 0.221 e. The summed E-state index contributed by atoms with van der Waals surface area (Å²) in [5.41, 5.74) is 23.5. The van der Waals surface area contributed by atoms with E-state index >= 15 is 0 Å². The molecule has 0 aliphatic carbocycles. The Hall–Kier alpha value is -1.17. The van der Waals surface area contributed by atoms with Crippen molar-refractivity contribution >= 4 is 5.91 Å².